The van der Waals surface area contributed by atoms with Crippen LogP contribution in [0.25, 0.3) is 11.4 Å². The third kappa shape index (κ3) is 4.15. The molecule has 7 heteroatoms. The van der Waals surface area contributed by atoms with Crippen molar-refractivity contribution in [2.45, 2.75) is 13.3 Å². The summed E-state index contributed by atoms with van der Waals surface area (Å²) in [7, 11) is 0. The number of hydrogen-bond donors (Lipinski definition) is 2. The molecule has 26 heavy (non-hydrogen) atoms. The number of halogens is 2. The molecule has 3 aromatic rings. The Morgan fingerprint density at radius 1 is 1.23 bits per heavy atom. The van der Waals surface area contributed by atoms with Crippen molar-refractivity contribution in [3.63, 3.8) is 0 Å². The molecule has 1 aromatic heterocycles. The van der Waals surface area contributed by atoms with Crippen LogP contribution in [0.1, 0.15) is 11.1 Å². The van der Waals surface area contributed by atoms with Crippen LogP contribution >= 0.6 is 11.6 Å². The fourth-order valence-corrected chi connectivity index (χ4v) is 2.52. The average Bonchev–Trinajstić information content (AvgIpc) is 2.60. The number of hydrogen-bond acceptors (Lipinski definition) is 3. The van der Waals surface area contributed by atoms with E-state index in [1.165, 1.54) is 18.3 Å². The van der Waals surface area contributed by atoms with Crippen LogP contribution in [0.5, 0.6) is 0 Å². The molecule has 0 aliphatic carbocycles. The molecule has 0 aliphatic heterocycles. The number of aryl methyl sites for hydroxylation is 1. The number of benzene rings is 2. The number of anilines is 1. The lowest BCUT2D eigenvalue weighted by molar-refractivity contribution is -0.115. The Morgan fingerprint density at radius 2 is 1.96 bits per heavy atom. The number of nitrogens with one attached hydrogen (secondary N) is 2. The average molecular weight is 372 g/mol. The molecule has 0 bridgehead atoms. The number of aromatic nitrogens is 2. The second-order valence-electron chi connectivity index (χ2n) is 5.78. The molecule has 3 rings (SSSR count). The minimum absolute atomic E-state index is 0.167. The lowest BCUT2D eigenvalue weighted by atomic mass is 10.1. The Hall–Kier alpha value is -2.99. The number of amides is 1. The Morgan fingerprint density at radius 3 is 2.65 bits per heavy atom. The molecule has 0 unspecified atom stereocenters. The monoisotopic (exact) mass is 371 g/mol. The molecule has 2 aromatic carbocycles. The molecular weight excluding hydrogens is 357 g/mol. The highest BCUT2D eigenvalue weighted by atomic mass is 35.5. The highest BCUT2D eigenvalue weighted by Crippen LogP contribution is 2.18. The number of rotatable bonds is 4. The molecule has 2 N–H and O–H groups in total. The standard InChI is InChI=1S/C19H15ClFN3O2/c1-11-2-7-15(21)9-16(11)23-17(25)8-13-10-22-18(24-19(13)26)12-3-5-14(20)6-4-12/h2-7,9-10H,8H2,1H3,(H,23,25)(H,22,24,26). The van der Waals surface area contributed by atoms with Gasteiger partial charge in [-0.05, 0) is 48.9 Å². The molecule has 0 saturated carbocycles. The van der Waals surface area contributed by atoms with E-state index in [9.17, 15) is 14.0 Å². The largest absolute Gasteiger partial charge is 0.325 e. The minimum atomic E-state index is -0.447. The van der Waals surface area contributed by atoms with E-state index in [1.54, 1.807) is 37.3 Å². The van der Waals surface area contributed by atoms with Gasteiger partial charge in [-0.1, -0.05) is 17.7 Å². The number of carbonyl (C=O) groups excluding carboxylic acids is 1. The first-order valence-corrected chi connectivity index (χ1v) is 8.20. The zero-order valence-electron chi connectivity index (χ0n) is 13.8. The summed E-state index contributed by atoms with van der Waals surface area (Å²) in [6.07, 6.45) is 1.19. The third-order valence-corrected chi connectivity index (χ3v) is 4.07. The van der Waals surface area contributed by atoms with Gasteiger partial charge in [-0.2, -0.15) is 0 Å². The van der Waals surface area contributed by atoms with Gasteiger partial charge < -0.3 is 10.3 Å². The highest BCUT2D eigenvalue weighted by molar-refractivity contribution is 6.30. The molecule has 1 amide bonds. The van der Waals surface area contributed by atoms with E-state index in [-0.39, 0.29) is 12.0 Å². The van der Waals surface area contributed by atoms with Crippen molar-refractivity contribution in [2.75, 3.05) is 5.32 Å². The van der Waals surface area contributed by atoms with Crippen molar-refractivity contribution in [1.82, 2.24) is 9.97 Å². The predicted molar refractivity (Wildman–Crippen MR) is 98.8 cm³/mol. The van der Waals surface area contributed by atoms with Crippen molar-refractivity contribution in [1.29, 1.82) is 0 Å². The minimum Gasteiger partial charge on any atom is -0.325 e. The Bertz CT molecular complexity index is 1020. The summed E-state index contributed by atoms with van der Waals surface area (Å²) in [5.74, 6) is -0.486. The maximum Gasteiger partial charge on any atom is 0.254 e. The summed E-state index contributed by atoms with van der Waals surface area (Å²) in [4.78, 5) is 31.2. The zero-order chi connectivity index (χ0) is 18.7. The van der Waals surface area contributed by atoms with E-state index in [4.69, 9.17) is 11.6 Å². The number of aromatic amines is 1. The summed E-state index contributed by atoms with van der Waals surface area (Å²) in [6, 6.07) is 11.0. The van der Waals surface area contributed by atoms with Gasteiger partial charge in [0.2, 0.25) is 5.91 Å². The van der Waals surface area contributed by atoms with E-state index in [2.05, 4.69) is 15.3 Å². The first-order chi connectivity index (χ1) is 12.4. The summed E-state index contributed by atoms with van der Waals surface area (Å²) >= 11 is 5.84. The lowest BCUT2D eigenvalue weighted by Crippen LogP contribution is -2.22. The van der Waals surface area contributed by atoms with Crippen molar-refractivity contribution in [2.24, 2.45) is 0 Å². The van der Waals surface area contributed by atoms with Crippen molar-refractivity contribution >= 4 is 23.2 Å². The fraction of sp³-hybridized carbons (Fsp3) is 0.105. The zero-order valence-corrected chi connectivity index (χ0v) is 14.6. The molecule has 0 atom stereocenters. The lowest BCUT2D eigenvalue weighted by Gasteiger charge is -2.08. The number of H-pyrrole nitrogens is 1. The maximum absolute atomic E-state index is 13.3. The summed E-state index contributed by atoms with van der Waals surface area (Å²) in [6.45, 7) is 1.75. The second-order valence-corrected chi connectivity index (χ2v) is 6.21. The van der Waals surface area contributed by atoms with Crippen LogP contribution in [0.4, 0.5) is 10.1 Å². The Balaban J connectivity index is 1.75. The van der Waals surface area contributed by atoms with Crippen LogP contribution in [0.15, 0.2) is 53.5 Å². The van der Waals surface area contributed by atoms with Gasteiger partial charge in [0, 0.05) is 28.0 Å². The molecule has 0 aliphatic rings. The summed E-state index contributed by atoms with van der Waals surface area (Å²) < 4.78 is 13.3. The molecule has 0 fully saturated rings. The number of nitrogens with zero attached hydrogens (tertiary/aromatic N) is 1. The van der Waals surface area contributed by atoms with Gasteiger partial charge in [-0.3, -0.25) is 9.59 Å². The Labute approximate surface area is 153 Å². The van der Waals surface area contributed by atoms with Crippen LogP contribution in [-0.4, -0.2) is 15.9 Å². The van der Waals surface area contributed by atoms with E-state index in [0.29, 0.717) is 22.1 Å². The molecule has 5 nitrogen and oxygen atoms in total. The third-order valence-electron chi connectivity index (χ3n) is 3.82. The van der Waals surface area contributed by atoms with E-state index in [0.717, 1.165) is 5.56 Å². The van der Waals surface area contributed by atoms with Gasteiger partial charge in [-0.15, -0.1) is 0 Å². The first-order valence-electron chi connectivity index (χ1n) is 7.82. The van der Waals surface area contributed by atoms with Gasteiger partial charge in [0.15, 0.2) is 0 Å². The highest BCUT2D eigenvalue weighted by Gasteiger charge is 2.11. The Kier molecular flexibility index (Phi) is 5.14. The van der Waals surface area contributed by atoms with Gasteiger partial charge in [-0.25, -0.2) is 9.37 Å². The molecular formula is C19H15ClFN3O2. The molecule has 0 radical (unpaired) electrons. The van der Waals surface area contributed by atoms with E-state index < -0.39 is 17.3 Å². The van der Waals surface area contributed by atoms with E-state index >= 15 is 0 Å². The normalized spacial score (nSPS) is 10.6. The van der Waals surface area contributed by atoms with Gasteiger partial charge >= 0.3 is 0 Å². The molecule has 1 heterocycles. The van der Waals surface area contributed by atoms with Crippen LogP contribution in [0, 0.1) is 12.7 Å². The van der Waals surface area contributed by atoms with Crippen LogP contribution in [0.2, 0.25) is 5.02 Å². The topological polar surface area (TPSA) is 74.8 Å². The quantitative estimate of drug-likeness (QED) is 0.734. The van der Waals surface area contributed by atoms with Gasteiger partial charge in [0.1, 0.15) is 11.6 Å². The van der Waals surface area contributed by atoms with E-state index in [1.807, 2.05) is 0 Å². The molecule has 0 saturated heterocycles. The second kappa shape index (κ2) is 7.49. The number of carbonyl (C=O) groups is 1. The maximum atomic E-state index is 13.3. The van der Waals surface area contributed by atoms with Crippen molar-refractivity contribution < 1.29 is 9.18 Å². The first kappa shape index (κ1) is 17.8. The smallest absolute Gasteiger partial charge is 0.254 e. The van der Waals surface area contributed by atoms with Crippen LogP contribution in [0.3, 0.4) is 0 Å². The van der Waals surface area contributed by atoms with Crippen LogP contribution in [-0.2, 0) is 11.2 Å². The van der Waals surface area contributed by atoms with Crippen molar-refractivity contribution in [3.05, 3.63) is 81.0 Å². The van der Waals surface area contributed by atoms with Crippen LogP contribution < -0.4 is 10.9 Å². The summed E-state index contributed by atoms with van der Waals surface area (Å²) in [5, 5.41) is 3.19. The summed E-state index contributed by atoms with van der Waals surface area (Å²) in [5.41, 5.74) is 1.62. The predicted octanol–water partition coefficient (Wildman–Crippen LogP) is 3.72. The fourth-order valence-electron chi connectivity index (χ4n) is 2.40. The van der Waals surface area contributed by atoms with Gasteiger partial charge in [0.05, 0.1) is 6.42 Å². The van der Waals surface area contributed by atoms with Crippen molar-refractivity contribution in [3.8, 4) is 11.4 Å². The SMILES string of the molecule is Cc1ccc(F)cc1NC(=O)Cc1cnc(-c2ccc(Cl)cc2)[nH]c1=O. The molecule has 0 spiro atoms. The van der Waals surface area contributed by atoms with Gasteiger partial charge in [0.25, 0.3) is 5.56 Å². The molecule has 132 valence electrons.